The van der Waals surface area contributed by atoms with Crippen LogP contribution in [0.25, 0.3) is 6.08 Å². The third-order valence-electron chi connectivity index (χ3n) is 4.67. The quantitative estimate of drug-likeness (QED) is 0.535. The van der Waals surface area contributed by atoms with Crippen molar-refractivity contribution < 1.29 is 43.2 Å². The number of methoxy groups -OCH3 is 1. The zero-order valence-corrected chi connectivity index (χ0v) is 18.5. The molecule has 2 aromatic carbocycles. The molecular weight excluding hydrogens is 468 g/mol. The van der Waals surface area contributed by atoms with Crippen LogP contribution in [0, 0.1) is 0 Å². The summed E-state index contributed by atoms with van der Waals surface area (Å²) in [5.74, 6) is -0.769. The number of benzene rings is 2. The molecule has 2 aliphatic heterocycles. The minimum absolute atomic E-state index is 0.0970. The van der Waals surface area contributed by atoms with Crippen molar-refractivity contribution in [2.24, 2.45) is 0 Å². The number of aliphatic carboxylic acids is 1. The van der Waals surface area contributed by atoms with Gasteiger partial charge in [-0.3, -0.25) is 19.3 Å². The monoisotopic (exact) mass is 486 g/mol. The van der Waals surface area contributed by atoms with Gasteiger partial charge in [-0.15, -0.1) is 0 Å². The molecule has 12 heteroatoms. The highest BCUT2D eigenvalue weighted by atomic mass is 32.2. The summed E-state index contributed by atoms with van der Waals surface area (Å²) in [7, 11) is 1.39. The van der Waals surface area contributed by atoms with Gasteiger partial charge in [-0.25, -0.2) is 4.79 Å². The van der Waals surface area contributed by atoms with Gasteiger partial charge >= 0.3 is 5.97 Å². The highest BCUT2D eigenvalue weighted by molar-refractivity contribution is 8.18. The van der Waals surface area contributed by atoms with Gasteiger partial charge in [0.25, 0.3) is 11.1 Å². The minimum atomic E-state index is -1.14. The summed E-state index contributed by atoms with van der Waals surface area (Å²) in [5, 5.41) is 10.8. The van der Waals surface area contributed by atoms with Gasteiger partial charge in [0.05, 0.1) is 12.0 Å². The number of amides is 3. The maximum absolute atomic E-state index is 12.7. The van der Waals surface area contributed by atoms with Crippen LogP contribution in [0.15, 0.2) is 41.3 Å². The maximum Gasteiger partial charge on any atom is 0.341 e. The number of carboxylic acids is 1. The minimum Gasteiger partial charge on any atom is -0.493 e. The molecular formula is C22H18N2O9S. The molecule has 1 saturated heterocycles. The number of thioether (sulfide) groups is 1. The second-order valence-electron chi connectivity index (χ2n) is 6.98. The van der Waals surface area contributed by atoms with Crippen LogP contribution in [0.2, 0.25) is 0 Å². The van der Waals surface area contributed by atoms with Crippen LogP contribution < -0.4 is 24.3 Å². The van der Waals surface area contributed by atoms with E-state index in [2.05, 4.69) is 5.32 Å². The molecule has 1 fully saturated rings. The predicted octanol–water partition coefficient (Wildman–Crippen LogP) is 2.56. The third-order valence-corrected chi connectivity index (χ3v) is 5.58. The number of carboxylic acid groups (broad SMARTS) is 1. The molecule has 3 amide bonds. The highest BCUT2D eigenvalue weighted by Gasteiger charge is 2.36. The first kappa shape index (κ1) is 23.0. The molecule has 0 aliphatic carbocycles. The number of imide groups is 1. The Morgan fingerprint density at radius 3 is 2.71 bits per heavy atom. The van der Waals surface area contributed by atoms with Crippen LogP contribution >= 0.6 is 11.8 Å². The zero-order valence-electron chi connectivity index (χ0n) is 17.7. The lowest BCUT2D eigenvalue weighted by atomic mass is 10.2. The van der Waals surface area contributed by atoms with Gasteiger partial charge in [0.1, 0.15) is 6.54 Å². The molecule has 11 nitrogen and oxygen atoms in total. The molecule has 34 heavy (non-hydrogen) atoms. The van der Waals surface area contributed by atoms with Gasteiger partial charge in [0.2, 0.25) is 12.7 Å². The Balaban J connectivity index is 1.42. The number of nitrogens with one attached hydrogen (secondary N) is 1. The number of nitrogens with zero attached hydrogens (tertiary/aromatic N) is 1. The van der Waals surface area contributed by atoms with Crippen molar-refractivity contribution >= 4 is 46.5 Å². The van der Waals surface area contributed by atoms with E-state index < -0.39 is 36.2 Å². The van der Waals surface area contributed by atoms with Gasteiger partial charge in [0.15, 0.2) is 29.6 Å². The van der Waals surface area contributed by atoms with E-state index >= 15 is 0 Å². The van der Waals surface area contributed by atoms with Crippen LogP contribution in [0.1, 0.15) is 5.56 Å². The normalized spacial score (nSPS) is 15.6. The van der Waals surface area contributed by atoms with E-state index in [0.717, 1.165) is 4.90 Å². The topological polar surface area (TPSA) is 141 Å². The number of hydrogen-bond acceptors (Lipinski definition) is 9. The first-order chi connectivity index (χ1) is 16.3. The first-order valence-corrected chi connectivity index (χ1v) is 10.6. The number of fused-ring (bicyclic) bond motifs is 1. The fourth-order valence-electron chi connectivity index (χ4n) is 3.14. The van der Waals surface area contributed by atoms with Crippen molar-refractivity contribution in [1.29, 1.82) is 0 Å². The second-order valence-corrected chi connectivity index (χ2v) is 7.97. The molecule has 2 aromatic rings. The Labute approximate surface area is 197 Å². The largest absolute Gasteiger partial charge is 0.493 e. The van der Waals surface area contributed by atoms with E-state index in [4.69, 9.17) is 24.1 Å². The van der Waals surface area contributed by atoms with Crippen LogP contribution in [0.4, 0.5) is 10.5 Å². The molecule has 176 valence electrons. The average Bonchev–Trinajstić information content (AvgIpc) is 3.37. The number of carbonyl (C=O) groups is 4. The van der Waals surface area contributed by atoms with Gasteiger partial charge in [0, 0.05) is 11.8 Å². The predicted molar refractivity (Wildman–Crippen MR) is 120 cm³/mol. The van der Waals surface area contributed by atoms with E-state index in [1.165, 1.54) is 25.3 Å². The van der Waals surface area contributed by atoms with Gasteiger partial charge in [-0.2, -0.15) is 0 Å². The highest BCUT2D eigenvalue weighted by Crippen LogP contribution is 2.36. The van der Waals surface area contributed by atoms with E-state index in [1.807, 2.05) is 0 Å². The lowest BCUT2D eigenvalue weighted by Crippen LogP contribution is -2.36. The summed E-state index contributed by atoms with van der Waals surface area (Å²) in [4.78, 5) is 49.2. The molecule has 0 aromatic heterocycles. The summed E-state index contributed by atoms with van der Waals surface area (Å²) in [5.41, 5.74) is 0.962. The standard InChI is InChI=1S/C22H18N2O9S/c1-30-16-6-12(2-4-14(16)31-10-20(26)27)7-18-21(28)24(22(29)34-18)9-19(25)23-13-3-5-15-17(8-13)33-11-32-15/h2-8H,9-11H2,1H3,(H,23,25)(H,26,27)/b18-7-. The van der Waals surface area contributed by atoms with Crippen molar-refractivity contribution in [3.8, 4) is 23.0 Å². The Hall–Kier alpha value is -4.19. The van der Waals surface area contributed by atoms with Crippen molar-refractivity contribution in [1.82, 2.24) is 4.90 Å². The molecule has 2 N–H and O–H groups in total. The van der Waals surface area contributed by atoms with E-state index in [1.54, 1.807) is 24.3 Å². The zero-order chi connectivity index (χ0) is 24.2. The second kappa shape index (κ2) is 9.75. The summed E-state index contributed by atoms with van der Waals surface area (Å²) < 4.78 is 20.8. The van der Waals surface area contributed by atoms with Crippen LogP contribution in [-0.4, -0.2) is 60.1 Å². The van der Waals surface area contributed by atoms with Gasteiger partial charge in [-0.05, 0) is 47.7 Å². The molecule has 0 atom stereocenters. The summed E-state index contributed by atoms with van der Waals surface area (Å²) in [6, 6.07) is 9.47. The fraction of sp³-hybridized carbons (Fsp3) is 0.182. The van der Waals surface area contributed by atoms with Crippen molar-refractivity contribution in [3.05, 3.63) is 46.9 Å². The van der Waals surface area contributed by atoms with Gasteiger partial charge in [-0.1, -0.05) is 6.07 Å². The van der Waals surface area contributed by atoms with E-state index in [-0.39, 0.29) is 23.2 Å². The molecule has 2 heterocycles. The van der Waals surface area contributed by atoms with Crippen LogP contribution in [-0.2, 0) is 14.4 Å². The molecule has 4 rings (SSSR count). The smallest absolute Gasteiger partial charge is 0.341 e. The van der Waals surface area contributed by atoms with Crippen molar-refractivity contribution in [3.63, 3.8) is 0 Å². The molecule has 0 saturated carbocycles. The van der Waals surface area contributed by atoms with Crippen LogP contribution in [0.3, 0.4) is 0 Å². The average molecular weight is 486 g/mol. The Morgan fingerprint density at radius 2 is 1.94 bits per heavy atom. The first-order valence-electron chi connectivity index (χ1n) is 9.81. The lowest BCUT2D eigenvalue weighted by molar-refractivity contribution is -0.139. The molecule has 0 radical (unpaired) electrons. The molecule has 2 aliphatic rings. The van der Waals surface area contributed by atoms with Gasteiger partial charge < -0.3 is 29.4 Å². The lowest BCUT2D eigenvalue weighted by Gasteiger charge is -2.12. The summed E-state index contributed by atoms with van der Waals surface area (Å²) >= 11 is 0.705. The summed E-state index contributed by atoms with van der Waals surface area (Å²) in [6.45, 7) is -0.898. The SMILES string of the molecule is COc1cc(/C=C2\SC(=O)N(CC(=O)Nc3ccc4c(c3)OCO4)C2=O)ccc1OCC(=O)O. The third kappa shape index (κ3) is 5.07. The summed E-state index contributed by atoms with van der Waals surface area (Å²) in [6.07, 6.45) is 1.48. The molecule has 0 unspecified atom stereocenters. The number of carbonyl (C=O) groups excluding carboxylic acids is 3. The van der Waals surface area contributed by atoms with Crippen molar-refractivity contribution in [2.75, 3.05) is 32.4 Å². The Kier molecular flexibility index (Phi) is 6.59. The molecule has 0 spiro atoms. The van der Waals surface area contributed by atoms with Crippen LogP contribution in [0.5, 0.6) is 23.0 Å². The van der Waals surface area contributed by atoms with Crippen molar-refractivity contribution in [2.45, 2.75) is 0 Å². The number of rotatable bonds is 8. The van der Waals surface area contributed by atoms with E-state index in [9.17, 15) is 19.2 Å². The number of ether oxygens (including phenoxy) is 4. The number of hydrogen-bond donors (Lipinski definition) is 2. The maximum atomic E-state index is 12.7. The Morgan fingerprint density at radius 1 is 1.15 bits per heavy atom. The van der Waals surface area contributed by atoms with E-state index in [0.29, 0.717) is 34.5 Å². The Bertz CT molecular complexity index is 1210. The fourth-order valence-corrected chi connectivity index (χ4v) is 3.98. The number of anilines is 1. The molecule has 0 bridgehead atoms.